The second-order valence-corrected chi connectivity index (χ2v) is 5.71. The van der Waals surface area contributed by atoms with E-state index in [9.17, 15) is 13.6 Å². The molecule has 1 aromatic heterocycles. The van der Waals surface area contributed by atoms with Crippen molar-refractivity contribution in [2.45, 2.75) is 38.3 Å². The maximum absolute atomic E-state index is 12.5. The zero-order valence-corrected chi connectivity index (χ0v) is 13.2. The molecule has 128 valence electrons. The van der Waals surface area contributed by atoms with Crippen LogP contribution < -0.4 is 5.32 Å². The second-order valence-electron chi connectivity index (χ2n) is 5.71. The number of nitrogens with zero attached hydrogens (tertiary/aromatic N) is 3. The monoisotopic (exact) mass is 336 g/mol. The van der Waals surface area contributed by atoms with Crippen molar-refractivity contribution in [3.8, 4) is 0 Å². The smallest absolute Gasteiger partial charge is 0.337 e. The van der Waals surface area contributed by atoms with Gasteiger partial charge >= 0.3 is 5.97 Å². The highest BCUT2D eigenvalue weighted by molar-refractivity contribution is 5.90. The molecule has 0 saturated heterocycles. The zero-order chi connectivity index (χ0) is 17.1. The molecule has 0 unspecified atom stereocenters. The van der Waals surface area contributed by atoms with Crippen molar-refractivity contribution in [2.75, 3.05) is 12.4 Å². The lowest BCUT2D eigenvalue weighted by molar-refractivity contribution is 0.0600. The molecule has 0 amide bonds. The van der Waals surface area contributed by atoms with Crippen molar-refractivity contribution >= 4 is 11.7 Å². The van der Waals surface area contributed by atoms with Gasteiger partial charge in [0.25, 0.3) is 6.43 Å². The molecule has 24 heavy (non-hydrogen) atoms. The van der Waals surface area contributed by atoms with E-state index in [2.05, 4.69) is 15.4 Å². The Morgan fingerprint density at radius 2 is 2.21 bits per heavy atom. The van der Waals surface area contributed by atoms with Crippen LogP contribution >= 0.6 is 0 Å². The molecule has 1 fully saturated rings. The van der Waals surface area contributed by atoms with Gasteiger partial charge in [-0.3, -0.25) is 0 Å². The SMILES string of the molecule is COC(=O)c1cc(NCc2ncnn2CC(F)F)cc(C2CC2)c1. The number of nitrogens with one attached hydrogen (secondary N) is 1. The first-order valence-electron chi connectivity index (χ1n) is 7.69. The molecule has 2 aromatic rings. The number of hydrogen-bond acceptors (Lipinski definition) is 5. The predicted molar refractivity (Wildman–Crippen MR) is 83.1 cm³/mol. The Kier molecular flexibility index (Phi) is 4.73. The van der Waals surface area contributed by atoms with Crippen LogP contribution in [0.2, 0.25) is 0 Å². The summed E-state index contributed by atoms with van der Waals surface area (Å²) in [6.07, 6.45) is 0.967. The van der Waals surface area contributed by atoms with Crippen molar-refractivity contribution < 1.29 is 18.3 Å². The van der Waals surface area contributed by atoms with Gasteiger partial charge in [0, 0.05) is 5.69 Å². The number of aromatic nitrogens is 3. The number of esters is 1. The van der Waals surface area contributed by atoms with Gasteiger partial charge in [0.1, 0.15) is 18.7 Å². The number of hydrogen-bond donors (Lipinski definition) is 1. The highest BCUT2D eigenvalue weighted by atomic mass is 19.3. The molecule has 1 aliphatic carbocycles. The maximum Gasteiger partial charge on any atom is 0.337 e. The summed E-state index contributed by atoms with van der Waals surface area (Å²) in [5, 5.41) is 6.92. The van der Waals surface area contributed by atoms with Crippen LogP contribution in [-0.2, 0) is 17.8 Å². The first kappa shape index (κ1) is 16.4. The molecule has 0 bridgehead atoms. The molecule has 0 aliphatic heterocycles. The van der Waals surface area contributed by atoms with Crippen molar-refractivity contribution in [1.82, 2.24) is 14.8 Å². The van der Waals surface area contributed by atoms with E-state index in [4.69, 9.17) is 4.74 Å². The lowest BCUT2D eigenvalue weighted by Crippen LogP contribution is -2.14. The summed E-state index contributed by atoms with van der Waals surface area (Å²) in [6, 6.07) is 5.50. The van der Waals surface area contributed by atoms with E-state index in [1.54, 1.807) is 6.07 Å². The molecule has 0 atom stereocenters. The van der Waals surface area contributed by atoms with E-state index in [0.717, 1.165) is 24.1 Å². The van der Waals surface area contributed by atoms with Crippen LogP contribution in [0.4, 0.5) is 14.5 Å². The number of ether oxygens (including phenoxy) is 1. The first-order valence-corrected chi connectivity index (χ1v) is 7.69. The number of alkyl halides is 2. The van der Waals surface area contributed by atoms with Gasteiger partial charge in [-0.1, -0.05) is 0 Å². The third-order valence-electron chi connectivity index (χ3n) is 3.88. The molecule has 8 heteroatoms. The lowest BCUT2D eigenvalue weighted by Gasteiger charge is -2.11. The van der Waals surface area contributed by atoms with Crippen LogP contribution in [-0.4, -0.2) is 34.3 Å². The molecule has 1 N–H and O–H groups in total. The van der Waals surface area contributed by atoms with E-state index >= 15 is 0 Å². The van der Waals surface area contributed by atoms with Gasteiger partial charge < -0.3 is 10.1 Å². The Hall–Kier alpha value is -2.51. The summed E-state index contributed by atoms with van der Waals surface area (Å²) >= 11 is 0. The minimum Gasteiger partial charge on any atom is -0.465 e. The maximum atomic E-state index is 12.5. The van der Waals surface area contributed by atoms with Crippen molar-refractivity contribution in [1.29, 1.82) is 0 Å². The van der Waals surface area contributed by atoms with Crippen LogP contribution in [0.1, 0.15) is 40.5 Å². The molecule has 1 saturated carbocycles. The van der Waals surface area contributed by atoms with Crippen LogP contribution in [0.3, 0.4) is 0 Å². The van der Waals surface area contributed by atoms with Gasteiger partial charge in [0.2, 0.25) is 0 Å². The lowest BCUT2D eigenvalue weighted by atomic mass is 10.1. The van der Waals surface area contributed by atoms with Gasteiger partial charge in [-0.25, -0.2) is 23.2 Å². The Bertz CT molecular complexity index is 729. The number of carbonyl (C=O) groups is 1. The number of halogens is 2. The molecule has 0 spiro atoms. The van der Waals surface area contributed by atoms with Gasteiger partial charge in [-0.05, 0) is 42.5 Å². The van der Waals surface area contributed by atoms with Crippen LogP contribution in [0.25, 0.3) is 0 Å². The summed E-state index contributed by atoms with van der Waals surface area (Å²) in [4.78, 5) is 15.8. The van der Waals surface area contributed by atoms with E-state index in [1.807, 2.05) is 12.1 Å². The van der Waals surface area contributed by atoms with Gasteiger partial charge in [0.05, 0.1) is 19.2 Å². The largest absolute Gasteiger partial charge is 0.465 e. The minimum absolute atomic E-state index is 0.238. The van der Waals surface area contributed by atoms with Crippen LogP contribution in [0.5, 0.6) is 0 Å². The molecule has 0 radical (unpaired) electrons. The molecule has 3 rings (SSSR count). The number of methoxy groups -OCH3 is 1. The van der Waals surface area contributed by atoms with E-state index in [1.165, 1.54) is 18.1 Å². The fraction of sp³-hybridized carbons (Fsp3) is 0.438. The Balaban J connectivity index is 1.76. The normalized spacial score (nSPS) is 14.0. The molecular formula is C16H18F2N4O2. The Morgan fingerprint density at radius 1 is 1.42 bits per heavy atom. The number of anilines is 1. The van der Waals surface area contributed by atoms with Crippen molar-refractivity contribution in [3.05, 3.63) is 41.5 Å². The Morgan fingerprint density at radius 3 is 2.88 bits per heavy atom. The molecule has 1 heterocycles. The van der Waals surface area contributed by atoms with Gasteiger partial charge in [-0.2, -0.15) is 5.10 Å². The minimum atomic E-state index is -2.49. The van der Waals surface area contributed by atoms with Crippen LogP contribution in [0.15, 0.2) is 24.5 Å². The highest BCUT2D eigenvalue weighted by Crippen LogP contribution is 2.41. The summed E-state index contributed by atoms with van der Waals surface area (Å²) in [5.41, 5.74) is 2.28. The average molecular weight is 336 g/mol. The summed E-state index contributed by atoms with van der Waals surface area (Å²) in [5.74, 6) is 0.478. The topological polar surface area (TPSA) is 69.0 Å². The fourth-order valence-corrected chi connectivity index (χ4v) is 2.53. The molecule has 6 nitrogen and oxygen atoms in total. The zero-order valence-electron chi connectivity index (χ0n) is 13.2. The quantitative estimate of drug-likeness (QED) is 0.788. The predicted octanol–water partition coefficient (Wildman–Crippen LogP) is 2.82. The first-order chi connectivity index (χ1) is 11.6. The number of carbonyl (C=O) groups excluding carboxylic acids is 1. The molecule has 1 aromatic carbocycles. The summed E-state index contributed by atoms with van der Waals surface area (Å²) < 4.78 is 31.0. The second kappa shape index (κ2) is 6.94. The summed E-state index contributed by atoms with van der Waals surface area (Å²) in [7, 11) is 1.34. The van der Waals surface area contributed by atoms with E-state index in [0.29, 0.717) is 17.3 Å². The number of benzene rings is 1. The standard InChI is InChI=1S/C16H18F2N4O2/c1-24-16(23)12-4-11(10-2-3-10)5-13(6-12)19-7-15-20-9-21-22(15)8-14(17)18/h4-6,9-10,14,19H,2-3,7-8H2,1H3. The fourth-order valence-electron chi connectivity index (χ4n) is 2.53. The van der Waals surface area contributed by atoms with Crippen LogP contribution in [0, 0.1) is 0 Å². The third-order valence-corrected chi connectivity index (χ3v) is 3.88. The van der Waals surface area contributed by atoms with E-state index in [-0.39, 0.29) is 6.54 Å². The third kappa shape index (κ3) is 3.87. The van der Waals surface area contributed by atoms with Crippen molar-refractivity contribution in [2.24, 2.45) is 0 Å². The molecule has 1 aliphatic rings. The Labute approximate surface area is 137 Å². The van der Waals surface area contributed by atoms with Crippen molar-refractivity contribution in [3.63, 3.8) is 0 Å². The van der Waals surface area contributed by atoms with Gasteiger partial charge in [-0.15, -0.1) is 0 Å². The molecular weight excluding hydrogens is 318 g/mol. The van der Waals surface area contributed by atoms with Gasteiger partial charge in [0.15, 0.2) is 0 Å². The highest BCUT2D eigenvalue weighted by Gasteiger charge is 2.25. The summed E-state index contributed by atoms with van der Waals surface area (Å²) in [6.45, 7) is -0.256. The average Bonchev–Trinajstić information content (AvgIpc) is 3.33. The van der Waals surface area contributed by atoms with E-state index < -0.39 is 18.9 Å². The number of rotatable bonds is 7.